The van der Waals surface area contributed by atoms with Gasteiger partial charge in [0.25, 0.3) is 0 Å². The second-order valence-electron chi connectivity index (χ2n) is 0. The minimum atomic E-state index is 0. The van der Waals surface area contributed by atoms with Crippen LogP contribution in [0.25, 0.3) is 0 Å². The molecule has 30 valence electrons. The van der Waals surface area contributed by atoms with E-state index in [1.165, 1.54) is 24.6 Å². The summed E-state index contributed by atoms with van der Waals surface area (Å²) in [5, 5.41) is 0. The van der Waals surface area contributed by atoms with E-state index in [0.717, 1.165) is 0 Å². The first-order chi connectivity index (χ1) is 1.00. The Kier molecular flexibility index (Phi) is 373. The van der Waals surface area contributed by atoms with Crippen LogP contribution in [0.5, 0.6) is 0 Å². The first kappa shape index (κ1) is 23.1. The fraction of sp³-hybridized carbons (Fsp3) is 0. The van der Waals surface area contributed by atoms with Gasteiger partial charge >= 0.3 is 24.6 Å². The summed E-state index contributed by atoms with van der Waals surface area (Å²) in [5.74, 6) is 0. The summed E-state index contributed by atoms with van der Waals surface area (Å²) >= 11 is 1.20. The van der Waals surface area contributed by atoms with E-state index in [4.69, 9.17) is 0 Å². The Morgan fingerprint density at radius 3 is 1.00 bits per heavy atom. The fourth-order valence-corrected chi connectivity index (χ4v) is 0. The van der Waals surface area contributed by atoms with Crippen molar-refractivity contribution in [2.75, 3.05) is 0 Å². The summed E-state index contributed by atoms with van der Waals surface area (Å²) in [6, 6.07) is 0. The standard InChI is InChI=1S/2FH.GeH6Si/c;;1-2/h2*1H;1-2H3. The zero-order valence-corrected chi connectivity index (χ0v) is 9.01. The van der Waals surface area contributed by atoms with E-state index in [9.17, 15) is 0 Å². The summed E-state index contributed by atoms with van der Waals surface area (Å²) in [7, 11) is 1.49. The second kappa shape index (κ2) is 64.7. The van der Waals surface area contributed by atoms with E-state index in [-0.39, 0.29) is 9.41 Å². The van der Waals surface area contributed by atoms with Gasteiger partial charge in [0, 0.05) is 0 Å². The molecule has 0 aromatic carbocycles. The average Bonchev–Trinajstić information content (AvgIpc) is 1.00. The van der Waals surface area contributed by atoms with Gasteiger partial charge in [-0.25, -0.2) is 0 Å². The van der Waals surface area contributed by atoms with Crippen molar-refractivity contribution >= 4 is 24.6 Å². The number of halogens is 2. The normalized spacial score (nSPS) is 3.00. The molecule has 0 aliphatic carbocycles. The molecule has 0 radical (unpaired) electrons. The van der Waals surface area contributed by atoms with Gasteiger partial charge in [-0.15, -0.1) is 0 Å². The van der Waals surface area contributed by atoms with Crippen LogP contribution in [0.2, 0.25) is 0 Å². The fourth-order valence-electron chi connectivity index (χ4n) is 0. The molecular formula is H8F2GeSi. The predicted molar refractivity (Wildman–Crippen MR) is 24.9 cm³/mol. The third-order valence-corrected chi connectivity index (χ3v) is 0. The van der Waals surface area contributed by atoms with Crippen LogP contribution < -0.4 is 0 Å². The molecule has 0 saturated carbocycles. The molecule has 0 aromatic rings. The maximum atomic E-state index is 1.49. The first-order valence-electron chi connectivity index (χ1n) is 1.00. The molecule has 0 rings (SSSR count). The Hall–Kier alpha value is 0.620. The van der Waals surface area contributed by atoms with E-state index in [1.54, 1.807) is 0 Å². The first-order valence-corrected chi connectivity index (χ1v) is 15.6. The van der Waals surface area contributed by atoms with Crippen molar-refractivity contribution in [2.24, 2.45) is 0 Å². The average molecular weight is 147 g/mol. The van der Waals surface area contributed by atoms with Crippen molar-refractivity contribution in [1.29, 1.82) is 0 Å². The Morgan fingerprint density at radius 2 is 1.00 bits per heavy atom. The minimum absolute atomic E-state index is 0. The predicted octanol–water partition coefficient (Wildman–Crippen LogP) is -2.06. The molecule has 0 aliphatic heterocycles. The van der Waals surface area contributed by atoms with Crippen molar-refractivity contribution in [3.8, 4) is 0 Å². The van der Waals surface area contributed by atoms with Crippen molar-refractivity contribution in [1.82, 2.24) is 0 Å². The summed E-state index contributed by atoms with van der Waals surface area (Å²) in [5.41, 5.74) is 0. The summed E-state index contributed by atoms with van der Waals surface area (Å²) in [6.45, 7) is 0. The topological polar surface area (TPSA) is 0 Å². The van der Waals surface area contributed by atoms with Crippen LogP contribution in [0.15, 0.2) is 0 Å². The van der Waals surface area contributed by atoms with Crippen molar-refractivity contribution in [3.05, 3.63) is 0 Å². The van der Waals surface area contributed by atoms with Crippen LogP contribution in [0, 0.1) is 0 Å². The van der Waals surface area contributed by atoms with Gasteiger partial charge in [-0.1, -0.05) is 0 Å². The van der Waals surface area contributed by atoms with Gasteiger partial charge in [0.1, 0.15) is 0 Å². The molecule has 0 N–H and O–H groups in total. The Balaban J connectivity index is -0.00000000500. The quantitative estimate of drug-likeness (QED) is 0.345. The summed E-state index contributed by atoms with van der Waals surface area (Å²) < 4.78 is 0. The summed E-state index contributed by atoms with van der Waals surface area (Å²) in [6.07, 6.45) is 0. The molecule has 0 saturated heterocycles. The van der Waals surface area contributed by atoms with Crippen LogP contribution >= 0.6 is 0 Å². The molecule has 4 heavy (non-hydrogen) atoms. The molecule has 0 unspecified atom stereocenters. The van der Waals surface area contributed by atoms with Gasteiger partial charge in [0.15, 0.2) is 0 Å². The zero-order valence-electron chi connectivity index (χ0n) is 2.82. The van der Waals surface area contributed by atoms with Crippen LogP contribution in [0.3, 0.4) is 0 Å². The maximum absolute atomic E-state index is 1.49. The molecular weight excluding hydrogens is 139 g/mol. The molecule has 0 heterocycles. The van der Waals surface area contributed by atoms with Crippen LogP contribution in [0.1, 0.15) is 0 Å². The van der Waals surface area contributed by atoms with Crippen molar-refractivity contribution < 1.29 is 9.41 Å². The van der Waals surface area contributed by atoms with Gasteiger partial charge in [-0.05, 0) is 0 Å². The van der Waals surface area contributed by atoms with E-state index in [0.29, 0.717) is 0 Å². The molecule has 0 atom stereocenters. The van der Waals surface area contributed by atoms with Crippen LogP contribution in [0.4, 0.5) is 9.41 Å². The van der Waals surface area contributed by atoms with Crippen LogP contribution in [-0.2, 0) is 0 Å². The Labute approximate surface area is 34.8 Å². The van der Waals surface area contributed by atoms with E-state index in [1.807, 2.05) is 0 Å². The number of hydrogen-bond acceptors (Lipinski definition) is 0. The van der Waals surface area contributed by atoms with Crippen molar-refractivity contribution in [3.63, 3.8) is 0 Å². The molecule has 0 bridgehead atoms. The number of hydrogen-bond donors (Lipinski definition) is 0. The van der Waals surface area contributed by atoms with Gasteiger partial charge in [-0.3, -0.25) is 9.41 Å². The number of rotatable bonds is 0. The van der Waals surface area contributed by atoms with Gasteiger partial charge in [0.05, 0.1) is 0 Å². The third-order valence-electron chi connectivity index (χ3n) is 0. The van der Waals surface area contributed by atoms with E-state index in [2.05, 4.69) is 0 Å². The van der Waals surface area contributed by atoms with E-state index < -0.39 is 0 Å². The summed E-state index contributed by atoms with van der Waals surface area (Å²) in [4.78, 5) is 0. The second-order valence-corrected chi connectivity index (χ2v) is 0. The molecule has 0 spiro atoms. The molecule has 0 nitrogen and oxygen atoms in total. The molecule has 0 amide bonds. The van der Waals surface area contributed by atoms with E-state index >= 15 is 0 Å². The molecule has 0 aromatic heterocycles. The van der Waals surface area contributed by atoms with Gasteiger partial charge in [-0.2, -0.15) is 0 Å². The van der Waals surface area contributed by atoms with Crippen LogP contribution in [-0.4, -0.2) is 24.6 Å². The Morgan fingerprint density at radius 1 is 1.00 bits per heavy atom. The monoisotopic (exact) mass is 148 g/mol. The molecule has 0 aliphatic rings. The molecule has 4 heteroatoms. The third kappa shape index (κ3) is 17.9. The zero-order chi connectivity index (χ0) is 2.00. The van der Waals surface area contributed by atoms with Gasteiger partial charge in [0.2, 0.25) is 0 Å². The van der Waals surface area contributed by atoms with Gasteiger partial charge < -0.3 is 0 Å². The SMILES string of the molecule is F.F.[SiH3][GeH3]. The van der Waals surface area contributed by atoms with Crippen molar-refractivity contribution in [2.45, 2.75) is 0 Å². The Bertz CT molecular complexity index is 6.00. The molecule has 0 fully saturated rings.